The van der Waals surface area contributed by atoms with Crippen LogP contribution in [-0.2, 0) is 14.4 Å². The minimum absolute atomic E-state index is 0.265. The van der Waals surface area contributed by atoms with E-state index in [2.05, 4.69) is 0 Å². The second-order valence-corrected chi connectivity index (χ2v) is 7.35. The second kappa shape index (κ2) is 12.0. The van der Waals surface area contributed by atoms with Crippen LogP contribution < -0.4 is 18.9 Å². The first-order valence-corrected chi connectivity index (χ1v) is 10.6. The van der Waals surface area contributed by atoms with E-state index in [9.17, 15) is 14.4 Å². The van der Waals surface area contributed by atoms with Gasteiger partial charge in [-0.2, -0.15) is 0 Å². The maximum Gasteiger partial charge on any atom is 0.336 e. The second-order valence-electron chi connectivity index (χ2n) is 7.35. The molecule has 0 heterocycles. The van der Waals surface area contributed by atoms with Gasteiger partial charge in [-0.25, -0.2) is 4.79 Å². The van der Waals surface area contributed by atoms with Gasteiger partial charge in [0.15, 0.2) is 0 Å². The molecule has 35 heavy (non-hydrogen) atoms. The van der Waals surface area contributed by atoms with E-state index in [1.54, 1.807) is 67.8 Å². The van der Waals surface area contributed by atoms with E-state index >= 15 is 0 Å². The van der Waals surface area contributed by atoms with Crippen LogP contribution >= 0.6 is 0 Å². The van der Waals surface area contributed by atoms with Crippen LogP contribution in [0.4, 0.5) is 0 Å². The SMILES string of the molecule is COc1ccc(/C=C/C(=O)Oc2ccc(/C=C/c3cc(OC(C)=O)cc(OC(C)=O)c3)cc2)cc1. The van der Waals surface area contributed by atoms with Gasteiger partial charge in [-0.15, -0.1) is 0 Å². The summed E-state index contributed by atoms with van der Waals surface area (Å²) < 4.78 is 20.7. The number of methoxy groups -OCH3 is 1. The average molecular weight is 472 g/mol. The summed E-state index contributed by atoms with van der Waals surface area (Å²) in [5, 5.41) is 0. The van der Waals surface area contributed by atoms with Gasteiger partial charge in [0.2, 0.25) is 0 Å². The zero-order valence-corrected chi connectivity index (χ0v) is 19.5. The number of ether oxygens (including phenoxy) is 4. The molecule has 0 unspecified atom stereocenters. The molecule has 0 saturated carbocycles. The molecule has 0 aliphatic carbocycles. The molecule has 0 aromatic heterocycles. The number of benzene rings is 3. The topological polar surface area (TPSA) is 88.1 Å². The maximum absolute atomic E-state index is 12.1. The minimum Gasteiger partial charge on any atom is -0.497 e. The molecule has 7 heteroatoms. The van der Waals surface area contributed by atoms with Crippen molar-refractivity contribution in [2.75, 3.05) is 7.11 Å². The van der Waals surface area contributed by atoms with Crippen molar-refractivity contribution in [2.45, 2.75) is 13.8 Å². The maximum atomic E-state index is 12.1. The van der Waals surface area contributed by atoms with Gasteiger partial charge >= 0.3 is 17.9 Å². The molecule has 0 atom stereocenters. The lowest BCUT2D eigenvalue weighted by molar-refractivity contribution is -0.132. The van der Waals surface area contributed by atoms with Gasteiger partial charge < -0.3 is 18.9 Å². The van der Waals surface area contributed by atoms with Gasteiger partial charge in [-0.05, 0) is 59.2 Å². The molecule has 3 aromatic rings. The first-order chi connectivity index (χ1) is 16.8. The highest BCUT2D eigenvalue weighted by atomic mass is 16.5. The van der Waals surface area contributed by atoms with Crippen molar-refractivity contribution in [3.05, 3.63) is 89.5 Å². The largest absolute Gasteiger partial charge is 0.497 e. The average Bonchev–Trinajstić information content (AvgIpc) is 2.81. The molecule has 0 saturated heterocycles. The standard InChI is InChI=1S/C28H24O7/c1-19(29)33-26-16-23(17-27(18-26)34-20(2)30)5-4-21-8-13-25(14-9-21)35-28(31)15-10-22-6-11-24(32-3)12-7-22/h4-18H,1-3H3/b5-4+,15-10+. The number of carbonyl (C=O) groups is 3. The van der Waals surface area contributed by atoms with Gasteiger partial charge in [-0.1, -0.05) is 36.4 Å². The van der Waals surface area contributed by atoms with Crippen LogP contribution in [0.1, 0.15) is 30.5 Å². The first-order valence-electron chi connectivity index (χ1n) is 10.6. The molecule has 3 aromatic carbocycles. The smallest absolute Gasteiger partial charge is 0.336 e. The molecular formula is C28H24O7. The van der Waals surface area contributed by atoms with Crippen LogP contribution in [0.2, 0.25) is 0 Å². The Bertz CT molecular complexity index is 1220. The quantitative estimate of drug-likeness (QED) is 0.189. The van der Waals surface area contributed by atoms with Crippen LogP contribution in [0.5, 0.6) is 23.0 Å². The lowest BCUT2D eigenvalue weighted by atomic mass is 10.1. The van der Waals surface area contributed by atoms with E-state index < -0.39 is 17.9 Å². The predicted octanol–water partition coefficient (Wildman–Crippen LogP) is 5.34. The number of rotatable bonds is 8. The summed E-state index contributed by atoms with van der Waals surface area (Å²) in [6.45, 7) is 2.58. The summed E-state index contributed by atoms with van der Waals surface area (Å²) in [7, 11) is 1.59. The van der Waals surface area contributed by atoms with Crippen molar-refractivity contribution in [2.24, 2.45) is 0 Å². The van der Waals surface area contributed by atoms with Crippen LogP contribution in [0.15, 0.2) is 72.8 Å². The van der Waals surface area contributed by atoms with Gasteiger partial charge in [-0.3, -0.25) is 9.59 Å². The van der Waals surface area contributed by atoms with Crippen molar-refractivity contribution in [3.8, 4) is 23.0 Å². The van der Waals surface area contributed by atoms with Crippen molar-refractivity contribution in [3.63, 3.8) is 0 Å². The Morgan fingerprint density at radius 3 is 1.57 bits per heavy atom. The molecule has 0 fully saturated rings. The molecule has 0 spiro atoms. The molecule has 0 N–H and O–H groups in total. The lowest BCUT2D eigenvalue weighted by Crippen LogP contribution is -2.04. The zero-order chi connectivity index (χ0) is 25.2. The van der Waals surface area contributed by atoms with Gasteiger partial charge in [0.25, 0.3) is 0 Å². The van der Waals surface area contributed by atoms with Crippen LogP contribution in [0, 0.1) is 0 Å². The zero-order valence-electron chi connectivity index (χ0n) is 19.5. The van der Waals surface area contributed by atoms with Gasteiger partial charge in [0.05, 0.1) is 7.11 Å². The third-order valence-corrected chi connectivity index (χ3v) is 4.52. The minimum atomic E-state index is -0.496. The van der Waals surface area contributed by atoms with Crippen molar-refractivity contribution < 1.29 is 33.3 Å². The lowest BCUT2D eigenvalue weighted by Gasteiger charge is -2.07. The summed E-state index contributed by atoms with van der Waals surface area (Å²) in [4.78, 5) is 34.7. The Morgan fingerprint density at radius 2 is 1.06 bits per heavy atom. The molecular weight excluding hydrogens is 448 g/mol. The Morgan fingerprint density at radius 1 is 0.571 bits per heavy atom. The van der Waals surface area contributed by atoms with E-state index in [4.69, 9.17) is 18.9 Å². The third kappa shape index (κ3) is 8.33. The summed E-state index contributed by atoms with van der Waals surface area (Å²) in [5.41, 5.74) is 2.35. The monoisotopic (exact) mass is 472 g/mol. The number of hydrogen-bond donors (Lipinski definition) is 0. The first kappa shape index (κ1) is 25.0. The van der Waals surface area contributed by atoms with E-state index in [1.165, 1.54) is 26.0 Å². The van der Waals surface area contributed by atoms with Gasteiger partial charge in [0.1, 0.15) is 23.0 Å². The molecule has 178 valence electrons. The number of hydrogen-bond acceptors (Lipinski definition) is 7. The molecule has 0 aliphatic rings. The Hall–Kier alpha value is -4.65. The fraction of sp³-hybridized carbons (Fsp3) is 0.107. The van der Waals surface area contributed by atoms with Gasteiger partial charge in [0, 0.05) is 26.0 Å². The third-order valence-electron chi connectivity index (χ3n) is 4.52. The summed E-state index contributed by atoms with van der Waals surface area (Å²) >= 11 is 0. The van der Waals surface area contributed by atoms with Crippen LogP contribution in [0.25, 0.3) is 18.2 Å². The normalized spacial score (nSPS) is 10.8. The highest BCUT2D eigenvalue weighted by Crippen LogP contribution is 2.25. The number of carbonyl (C=O) groups excluding carboxylic acids is 3. The van der Waals surface area contributed by atoms with Crippen LogP contribution in [-0.4, -0.2) is 25.0 Å². The summed E-state index contributed by atoms with van der Waals surface area (Å²) in [6, 6.07) is 19.0. The Labute approximate surface area is 203 Å². The number of esters is 3. The Balaban J connectivity index is 1.64. The summed E-state index contributed by atoms with van der Waals surface area (Å²) in [6.07, 6.45) is 6.61. The fourth-order valence-corrected chi connectivity index (χ4v) is 3.01. The van der Waals surface area contributed by atoms with Crippen molar-refractivity contribution in [1.82, 2.24) is 0 Å². The fourth-order valence-electron chi connectivity index (χ4n) is 3.01. The molecule has 3 rings (SSSR count). The molecule has 0 aliphatic heterocycles. The van der Waals surface area contributed by atoms with E-state index in [1.807, 2.05) is 18.2 Å². The summed E-state index contributed by atoms with van der Waals surface area (Å²) in [5.74, 6) is 0.209. The molecule has 0 amide bonds. The van der Waals surface area contributed by atoms with Crippen molar-refractivity contribution >= 4 is 36.1 Å². The van der Waals surface area contributed by atoms with Crippen molar-refractivity contribution in [1.29, 1.82) is 0 Å². The Kier molecular flexibility index (Phi) is 8.56. The van der Waals surface area contributed by atoms with E-state index in [0.29, 0.717) is 11.3 Å². The van der Waals surface area contributed by atoms with E-state index in [-0.39, 0.29) is 11.5 Å². The van der Waals surface area contributed by atoms with E-state index in [0.717, 1.165) is 16.9 Å². The molecule has 7 nitrogen and oxygen atoms in total. The van der Waals surface area contributed by atoms with Crippen LogP contribution in [0.3, 0.4) is 0 Å². The highest BCUT2D eigenvalue weighted by Gasteiger charge is 2.06. The molecule has 0 bridgehead atoms. The highest BCUT2D eigenvalue weighted by molar-refractivity contribution is 5.88. The molecule has 0 radical (unpaired) electrons. The predicted molar refractivity (Wildman–Crippen MR) is 132 cm³/mol.